The Hall–Kier alpha value is -0.0800. The number of hydrogen-bond donors (Lipinski definition) is 1. The number of nitrogens with one attached hydrogen (secondary N) is 1. The molecule has 1 saturated heterocycles. The molecule has 0 aromatic carbocycles. The zero-order chi connectivity index (χ0) is 13.5. The Morgan fingerprint density at radius 3 is 2.70 bits per heavy atom. The van der Waals surface area contributed by atoms with Crippen molar-refractivity contribution in [2.45, 2.75) is 70.6 Å². The molecule has 1 aliphatic heterocycles. The normalized spacial score (nSPS) is 58.5. The largest absolute Gasteiger partial charge is 0.377 e. The van der Waals surface area contributed by atoms with Crippen LogP contribution in [0.15, 0.2) is 0 Å². The van der Waals surface area contributed by atoms with Crippen molar-refractivity contribution >= 4 is 0 Å². The molecular formula is C18H29NO. The van der Waals surface area contributed by atoms with E-state index in [1.807, 2.05) is 0 Å². The summed E-state index contributed by atoms with van der Waals surface area (Å²) in [7, 11) is 0. The van der Waals surface area contributed by atoms with Gasteiger partial charge in [-0.3, -0.25) is 0 Å². The van der Waals surface area contributed by atoms with Crippen LogP contribution in [0.25, 0.3) is 0 Å². The zero-order valence-corrected chi connectivity index (χ0v) is 13.0. The zero-order valence-electron chi connectivity index (χ0n) is 13.0. The van der Waals surface area contributed by atoms with Crippen LogP contribution in [0, 0.1) is 35.0 Å². The van der Waals surface area contributed by atoms with E-state index in [0.717, 1.165) is 48.3 Å². The molecule has 2 nitrogen and oxygen atoms in total. The standard InChI is InChI=1S/C18H29NO/c1-18(2)16(13-6-7-20-17(13)18)19-15-9-10-8-14(15)12-5-3-4-11(10)12/h10-17,19H,3-9H2,1-2H3. The fourth-order valence-corrected chi connectivity index (χ4v) is 7.15. The average Bonchev–Trinajstić information content (AvgIpc) is 3.16. The fourth-order valence-electron chi connectivity index (χ4n) is 7.15. The smallest absolute Gasteiger partial charge is 0.0685 e. The Morgan fingerprint density at radius 2 is 1.80 bits per heavy atom. The highest BCUT2D eigenvalue weighted by atomic mass is 16.5. The van der Waals surface area contributed by atoms with Crippen LogP contribution < -0.4 is 5.32 Å². The van der Waals surface area contributed by atoms with E-state index in [4.69, 9.17) is 4.74 Å². The summed E-state index contributed by atoms with van der Waals surface area (Å²) in [5, 5.41) is 4.14. The van der Waals surface area contributed by atoms with Crippen molar-refractivity contribution in [1.29, 1.82) is 0 Å². The summed E-state index contributed by atoms with van der Waals surface area (Å²) in [4.78, 5) is 0. The van der Waals surface area contributed by atoms with Gasteiger partial charge in [0.1, 0.15) is 0 Å². The molecule has 1 N–H and O–H groups in total. The minimum absolute atomic E-state index is 0.359. The maximum atomic E-state index is 5.95. The van der Waals surface area contributed by atoms with Gasteiger partial charge in [0.15, 0.2) is 0 Å². The molecule has 5 fully saturated rings. The lowest BCUT2D eigenvalue weighted by molar-refractivity contribution is -0.117. The molecule has 4 saturated carbocycles. The molecule has 112 valence electrons. The van der Waals surface area contributed by atoms with Crippen LogP contribution in [0.5, 0.6) is 0 Å². The van der Waals surface area contributed by atoms with Gasteiger partial charge in [0.2, 0.25) is 0 Å². The molecule has 0 amide bonds. The van der Waals surface area contributed by atoms with Crippen molar-refractivity contribution in [3.05, 3.63) is 0 Å². The molecule has 5 aliphatic rings. The van der Waals surface area contributed by atoms with Crippen LogP contribution >= 0.6 is 0 Å². The Kier molecular flexibility index (Phi) is 2.50. The second-order valence-electron chi connectivity index (χ2n) is 8.97. The number of ether oxygens (including phenoxy) is 1. The van der Waals surface area contributed by atoms with Crippen LogP contribution in [0.2, 0.25) is 0 Å². The molecule has 20 heavy (non-hydrogen) atoms. The summed E-state index contributed by atoms with van der Waals surface area (Å²) < 4.78 is 5.95. The molecule has 1 heterocycles. The Bertz CT molecular complexity index is 420. The third-order valence-corrected chi connectivity index (χ3v) is 7.92. The fraction of sp³-hybridized carbons (Fsp3) is 1.00. The van der Waals surface area contributed by atoms with Crippen LogP contribution in [0.1, 0.15) is 52.4 Å². The Labute approximate surface area is 123 Å². The monoisotopic (exact) mass is 275 g/mol. The molecule has 2 heteroatoms. The van der Waals surface area contributed by atoms with E-state index in [0.29, 0.717) is 11.5 Å². The maximum absolute atomic E-state index is 5.95. The topological polar surface area (TPSA) is 21.3 Å². The molecule has 8 atom stereocenters. The third-order valence-electron chi connectivity index (χ3n) is 7.92. The van der Waals surface area contributed by atoms with Gasteiger partial charge in [-0.1, -0.05) is 20.3 Å². The highest BCUT2D eigenvalue weighted by Gasteiger charge is 2.61. The molecule has 0 aromatic heterocycles. The first-order chi connectivity index (χ1) is 9.66. The van der Waals surface area contributed by atoms with E-state index in [-0.39, 0.29) is 0 Å². The Balaban J connectivity index is 1.31. The summed E-state index contributed by atoms with van der Waals surface area (Å²) in [6.45, 7) is 5.84. The van der Waals surface area contributed by atoms with Gasteiger partial charge < -0.3 is 10.1 Å². The van der Waals surface area contributed by atoms with Crippen molar-refractivity contribution in [1.82, 2.24) is 5.32 Å². The summed E-state index contributed by atoms with van der Waals surface area (Å²) in [5.74, 6) is 5.11. The first kappa shape index (κ1) is 12.5. The second kappa shape index (κ2) is 4.01. The van der Waals surface area contributed by atoms with Crippen molar-refractivity contribution in [2.75, 3.05) is 6.61 Å². The lowest BCUT2D eigenvalue weighted by Crippen LogP contribution is -2.68. The lowest BCUT2D eigenvalue weighted by Gasteiger charge is -2.56. The van der Waals surface area contributed by atoms with Gasteiger partial charge in [0.05, 0.1) is 6.10 Å². The summed E-state index contributed by atoms with van der Waals surface area (Å²) in [6.07, 6.45) is 9.46. The molecule has 2 bridgehead atoms. The lowest BCUT2D eigenvalue weighted by atomic mass is 9.57. The van der Waals surface area contributed by atoms with Crippen molar-refractivity contribution in [3.63, 3.8) is 0 Å². The van der Waals surface area contributed by atoms with Gasteiger partial charge in [0.25, 0.3) is 0 Å². The SMILES string of the molecule is CC1(C)C(NC2CC3CC2C2CCCC32)C2CCOC21. The van der Waals surface area contributed by atoms with E-state index in [9.17, 15) is 0 Å². The van der Waals surface area contributed by atoms with Crippen LogP contribution in [0.4, 0.5) is 0 Å². The van der Waals surface area contributed by atoms with Crippen LogP contribution in [0.3, 0.4) is 0 Å². The van der Waals surface area contributed by atoms with E-state index in [2.05, 4.69) is 19.2 Å². The van der Waals surface area contributed by atoms with Crippen LogP contribution in [-0.4, -0.2) is 24.8 Å². The van der Waals surface area contributed by atoms with Gasteiger partial charge in [0, 0.05) is 30.0 Å². The third kappa shape index (κ3) is 1.43. The highest BCUT2D eigenvalue weighted by molar-refractivity contribution is 5.14. The Morgan fingerprint density at radius 1 is 0.950 bits per heavy atom. The van der Waals surface area contributed by atoms with Gasteiger partial charge in [-0.15, -0.1) is 0 Å². The molecular weight excluding hydrogens is 246 g/mol. The van der Waals surface area contributed by atoms with Crippen LogP contribution in [-0.2, 0) is 4.74 Å². The van der Waals surface area contributed by atoms with Crippen molar-refractivity contribution < 1.29 is 4.74 Å². The minimum Gasteiger partial charge on any atom is -0.377 e. The quantitative estimate of drug-likeness (QED) is 0.835. The minimum atomic E-state index is 0.359. The molecule has 0 aromatic rings. The predicted molar refractivity (Wildman–Crippen MR) is 79.4 cm³/mol. The number of rotatable bonds is 2. The highest BCUT2D eigenvalue weighted by Crippen LogP contribution is 2.60. The number of hydrogen-bond acceptors (Lipinski definition) is 2. The van der Waals surface area contributed by atoms with E-state index in [1.165, 1.54) is 25.7 Å². The van der Waals surface area contributed by atoms with Gasteiger partial charge in [-0.25, -0.2) is 0 Å². The van der Waals surface area contributed by atoms with Gasteiger partial charge in [-0.05, 0) is 55.8 Å². The molecule has 0 spiro atoms. The second-order valence-corrected chi connectivity index (χ2v) is 8.97. The average molecular weight is 275 g/mol. The van der Waals surface area contributed by atoms with Crippen molar-refractivity contribution in [3.8, 4) is 0 Å². The molecule has 4 aliphatic carbocycles. The molecule has 0 radical (unpaired) electrons. The first-order valence-electron chi connectivity index (χ1n) is 9.04. The maximum Gasteiger partial charge on any atom is 0.0685 e. The van der Waals surface area contributed by atoms with E-state index in [1.54, 1.807) is 12.8 Å². The molecule has 5 rings (SSSR count). The van der Waals surface area contributed by atoms with Gasteiger partial charge >= 0.3 is 0 Å². The predicted octanol–water partition coefficient (Wildman–Crippen LogP) is 3.21. The van der Waals surface area contributed by atoms with Crippen molar-refractivity contribution in [2.24, 2.45) is 35.0 Å². The van der Waals surface area contributed by atoms with Gasteiger partial charge in [-0.2, -0.15) is 0 Å². The molecule has 8 unspecified atom stereocenters. The number of fused-ring (bicyclic) bond motifs is 6. The summed E-state index contributed by atoms with van der Waals surface area (Å²) in [6, 6.07) is 1.56. The first-order valence-corrected chi connectivity index (χ1v) is 9.04. The summed E-state index contributed by atoms with van der Waals surface area (Å²) in [5.41, 5.74) is 0.359. The van der Waals surface area contributed by atoms with E-state index >= 15 is 0 Å². The summed E-state index contributed by atoms with van der Waals surface area (Å²) >= 11 is 0. The van der Waals surface area contributed by atoms with E-state index < -0.39 is 0 Å².